The van der Waals surface area contributed by atoms with Crippen LogP contribution in [0.4, 0.5) is 0 Å². The van der Waals surface area contributed by atoms with E-state index < -0.39 is 6.10 Å². The van der Waals surface area contributed by atoms with Crippen molar-refractivity contribution in [3.05, 3.63) is 30.0 Å². The number of carbonyl (C=O) groups excluding carboxylic acids is 1. The summed E-state index contributed by atoms with van der Waals surface area (Å²) in [5.41, 5.74) is 5.06. The molecule has 1 aromatic carbocycles. The minimum atomic E-state index is -0.605. The van der Waals surface area contributed by atoms with Gasteiger partial charge in [0.25, 0.3) is 0 Å². The maximum absolute atomic E-state index is 12.0. The lowest BCUT2D eigenvalue weighted by Gasteiger charge is -2.23. The molecule has 1 aromatic heterocycles. The molecule has 0 aliphatic heterocycles. The van der Waals surface area contributed by atoms with Crippen molar-refractivity contribution in [2.75, 3.05) is 13.2 Å². The van der Waals surface area contributed by atoms with Crippen LogP contribution >= 0.6 is 0 Å². The molecular formula is C20H30N4O3. The van der Waals surface area contributed by atoms with Gasteiger partial charge in [0.2, 0.25) is 5.91 Å². The Morgan fingerprint density at radius 2 is 2.07 bits per heavy atom. The number of nitrogens with zero attached hydrogens (tertiary/aromatic N) is 1. The van der Waals surface area contributed by atoms with E-state index in [2.05, 4.69) is 20.8 Å². The quantitative estimate of drug-likeness (QED) is 0.421. The Balaban J connectivity index is 1.99. The van der Waals surface area contributed by atoms with Crippen LogP contribution < -0.4 is 15.5 Å². The molecule has 1 amide bonds. The van der Waals surface area contributed by atoms with Crippen molar-refractivity contribution in [3.8, 4) is 5.75 Å². The fourth-order valence-electron chi connectivity index (χ4n) is 2.46. The number of benzene rings is 1. The molecule has 1 heterocycles. The van der Waals surface area contributed by atoms with Crippen molar-refractivity contribution in [3.63, 3.8) is 0 Å². The number of amides is 1. The van der Waals surface area contributed by atoms with Crippen LogP contribution in [0.3, 0.4) is 0 Å². The molecule has 27 heavy (non-hydrogen) atoms. The molecule has 0 fully saturated rings. The lowest BCUT2D eigenvalue weighted by Crippen LogP contribution is -2.42. The largest absolute Gasteiger partial charge is 0.491 e. The van der Waals surface area contributed by atoms with Gasteiger partial charge in [-0.1, -0.05) is 0 Å². The number of H-pyrrole nitrogens is 1. The van der Waals surface area contributed by atoms with Crippen molar-refractivity contribution in [1.29, 1.82) is 0 Å². The third-order valence-corrected chi connectivity index (χ3v) is 3.80. The molecule has 0 saturated carbocycles. The predicted molar refractivity (Wildman–Crippen MR) is 108 cm³/mol. The van der Waals surface area contributed by atoms with E-state index in [4.69, 9.17) is 4.74 Å². The summed E-state index contributed by atoms with van der Waals surface area (Å²) >= 11 is 0. The first-order valence-electron chi connectivity index (χ1n) is 9.09. The maximum Gasteiger partial charge on any atom is 0.244 e. The Morgan fingerprint density at radius 3 is 2.74 bits per heavy atom. The van der Waals surface area contributed by atoms with Crippen LogP contribution in [-0.4, -0.2) is 46.5 Å². The van der Waals surface area contributed by atoms with Crippen LogP contribution in [0.1, 0.15) is 40.2 Å². The van der Waals surface area contributed by atoms with Crippen molar-refractivity contribution < 1.29 is 14.6 Å². The van der Waals surface area contributed by atoms with Gasteiger partial charge >= 0.3 is 0 Å². The summed E-state index contributed by atoms with van der Waals surface area (Å²) in [6.07, 6.45) is 1.43. The number of β-amino-alcohol motifs (C(OH)–C–C–N with tert-alkyl or cyclic N) is 1. The second kappa shape index (κ2) is 9.01. The Bertz CT molecular complexity index is 801. The number of aromatic nitrogens is 1. The number of fused-ring (bicyclic) bond motifs is 1. The monoisotopic (exact) mass is 374 g/mol. The number of ether oxygens (including phenoxy) is 1. The van der Waals surface area contributed by atoms with Gasteiger partial charge in [0.15, 0.2) is 0 Å². The number of rotatable bonds is 8. The van der Waals surface area contributed by atoms with Crippen molar-refractivity contribution in [2.45, 2.75) is 52.7 Å². The summed E-state index contributed by atoms with van der Waals surface area (Å²) in [6.45, 7) is 10.4. The molecular weight excluding hydrogens is 344 g/mol. The van der Waals surface area contributed by atoms with Crippen LogP contribution in [0.25, 0.3) is 10.9 Å². The molecule has 7 heteroatoms. The number of aliphatic hydroxyl groups is 1. The molecule has 0 spiro atoms. The van der Waals surface area contributed by atoms with Crippen LogP contribution in [-0.2, 0) is 11.2 Å². The number of aromatic amines is 1. The highest BCUT2D eigenvalue weighted by Crippen LogP contribution is 2.24. The molecule has 2 aromatic rings. The molecule has 7 nitrogen and oxygen atoms in total. The van der Waals surface area contributed by atoms with Gasteiger partial charge in [-0.25, -0.2) is 5.43 Å². The molecule has 0 radical (unpaired) electrons. The number of aliphatic hydroxyl groups excluding tert-OH is 1. The fourth-order valence-corrected chi connectivity index (χ4v) is 2.46. The smallest absolute Gasteiger partial charge is 0.244 e. The third-order valence-electron chi connectivity index (χ3n) is 3.80. The molecule has 0 aliphatic carbocycles. The number of carbonyl (C=O) groups is 1. The molecule has 148 valence electrons. The van der Waals surface area contributed by atoms with Crippen molar-refractivity contribution in [1.82, 2.24) is 15.7 Å². The van der Waals surface area contributed by atoms with E-state index in [1.807, 2.05) is 59.0 Å². The highest BCUT2D eigenvalue weighted by atomic mass is 16.5. The molecule has 0 unspecified atom stereocenters. The van der Waals surface area contributed by atoms with Crippen molar-refractivity contribution >= 4 is 22.5 Å². The lowest BCUT2D eigenvalue weighted by molar-refractivity contribution is -0.120. The highest BCUT2D eigenvalue weighted by Gasteiger charge is 2.13. The summed E-state index contributed by atoms with van der Waals surface area (Å²) in [4.78, 5) is 15.2. The summed E-state index contributed by atoms with van der Waals surface area (Å²) in [6, 6.07) is 5.63. The first kappa shape index (κ1) is 20.9. The van der Waals surface area contributed by atoms with E-state index in [9.17, 15) is 9.90 Å². The van der Waals surface area contributed by atoms with Gasteiger partial charge in [-0.15, -0.1) is 0 Å². The summed E-state index contributed by atoms with van der Waals surface area (Å²) in [5.74, 6) is 0.480. The van der Waals surface area contributed by atoms with Gasteiger partial charge in [0, 0.05) is 34.9 Å². The molecule has 0 saturated heterocycles. The SMILES string of the molecule is CC(C)=NNC(=O)Cc1c[nH]c2ccc(OC[C@@H](O)CNC(C)(C)C)cc12. The van der Waals surface area contributed by atoms with Crippen LogP contribution in [0.5, 0.6) is 5.75 Å². The normalized spacial score (nSPS) is 12.7. The first-order valence-corrected chi connectivity index (χ1v) is 9.09. The zero-order valence-corrected chi connectivity index (χ0v) is 16.7. The number of hydrazone groups is 1. The van der Waals surface area contributed by atoms with Crippen molar-refractivity contribution in [2.24, 2.45) is 5.10 Å². The number of hydrogen-bond acceptors (Lipinski definition) is 5. The van der Waals surface area contributed by atoms with E-state index in [0.717, 1.165) is 22.2 Å². The topological polar surface area (TPSA) is 98.7 Å². The molecule has 0 bridgehead atoms. The molecule has 1 atom stereocenters. The van der Waals surface area contributed by atoms with Crippen LogP contribution in [0, 0.1) is 0 Å². The van der Waals surface area contributed by atoms with Gasteiger partial charge in [-0.05, 0) is 58.4 Å². The van der Waals surface area contributed by atoms with Gasteiger partial charge < -0.3 is 20.1 Å². The first-order chi connectivity index (χ1) is 12.6. The minimum Gasteiger partial charge on any atom is -0.491 e. The maximum atomic E-state index is 12.0. The average molecular weight is 374 g/mol. The molecule has 0 aliphatic rings. The third kappa shape index (κ3) is 7.03. The van der Waals surface area contributed by atoms with Crippen LogP contribution in [0.2, 0.25) is 0 Å². The molecule has 2 rings (SSSR count). The Hall–Kier alpha value is -2.38. The Morgan fingerprint density at radius 1 is 1.33 bits per heavy atom. The standard InChI is InChI=1S/C20H30N4O3/c1-13(2)23-24-19(26)8-14-10-21-18-7-6-16(9-17(14)18)27-12-15(25)11-22-20(3,4)5/h6-7,9-10,15,21-22,25H,8,11-12H2,1-5H3,(H,24,26)/t15-/m0/s1. The second-order valence-electron chi connectivity index (χ2n) is 7.89. The molecule has 4 N–H and O–H groups in total. The predicted octanol–water partition coefficient (Wildman–Crippen LogP) is 2.35. The van der Waals surface area contributed by atoms with E-state index >= 15 is 0 Å². The van der Waals surface area contributed by atoms with Gasteiger partial charge in [0.05, 0.1) is 6.42 Å². The average Bonchev–Trinajstić information content (AvgIpc) is 2.98. The summed E-state index contributed by atoms with van der Waals surface area (Å²) < 4.78 is 5.72. The highest BCUT2D eigenvalue weighted by molar-refractivity contribution is 5.90. The number of hydrogen-bond donors (Lipinski definition) is 4. The van der Waals surface area contributed by atoms with Crippen LogP contribution in [0.15, 0.2) is 29.5 Å². The van der Waals surface area contributed by atoms with E-state index in [1.54, 1.807) is 0 Å². The lowest BCUT2D eigenvalue weighted by atomic mass is 10.1. The van der Waals surface area contributed by atoms with E-state index in [1.165, 1.54) is 0 Å². The van der Waals surface area contributed by atoms with E-state index in [0.29, 0.717) is 12.3 Å². The zero-order valence-electron chi connectivity index (χ0n) is 16.7. The van der Waals surface area contributed by atoms with E-state index in [-0.39, 0.29) is 24.5 Å². The summed E-state index contributed by atoms with van der Waals surface area (Å²) in [5, 5.41) is 18.2. The van der Waals surface area contributed by atoms with Gasteiger partial charge in [-0.3, -0.25) is 4.79 Å². The summed E-state index contributed by atoms with van der Waals surface area (Å²) in [7, 11) is 0. The second-order valence-corrected chi connectivity index (χ2v) is 7.89. The van der Waals surface area contributed by atoms with Gasteiger partial charge in [-0.2, -0.15) is 5.10 Å². The fraction of sp³-hybridized carbons (Fsp3) is 0.500. The zero-order chi connectivity index (χ0) is 20.0. The Kier molecular flexibility index (Phi) is 6.98. The number of nitrogens with one attached hydrogen (secondary N) is 3. The Labute approximate surface area is 160 Å². The van der Waals surface area contributed by atoms with Gasteiger partial charge in [0.1, 0.15) is 18.5 Å². The minimum absolute atomic E-state index is 0.0547.